The average Bonchev–Trinajstić information content (AvgIpc) is 2.49. The van der Waals surface area contributed by atoms with Gasteiger partial charge < -0.3 is 20.5 Å². The number of aliphatic hydroxyl groups is 1. The molecule has 0 heterocycles. The first-order valence-corrected chi connectivity index (χ1v) is 8.46. The molecule has 23 heavy (non-hydrogen) atoms. The van der Waals surface area contributed by atoms with E-state index in [1.807, 2.05) is 13.8 Å². The molecule has 0 aromatic heterocycles. The van der Waals surface area contributed by atoms with Gasteiger partial charge in [0, 0.05) is 32.7 Å². The highest BCUT2D eigenvalue weighted by Gasteiger charge is 2.07. The summed E-state index contributed by atoms with van der Waals surface area (Å²) in [6.45, 7) is 8.81. The topological polar surface area (TPSA) is 83.0 Å². The minimum atomic E-state index is -0.155. The molecule has 0 saturated heterocycles. The van der Waals surface area contributed by atoms with E-state index in [9.17, 15) is 4.79 Å². The van der Waals surface area contributed by atoms with Crippen LogP contribution in [0.4, 0.5) is 0 Å². The van der Waals surface area contributed by atoms with Gasteiger partial charge in [0.1, 0.15) is 0 Å². The van der Waals surface area contributed by atoms with E-state index in [1.54, 1.807) is 0 Å². The third-order valence-electron chi connectivity index (χ3n) is 3.24. The molecule has 138 valence electrons. The highest BCUT2D eigenvalue weighted by molar-refractivity contribution is 14.0. The number of guanidine groups is 1. The molecule has 1 atom stereocenters. The molecule has 7 heteroatoms. The maximum atomic E-state index is 11.3. The van der Waals surface area contributed by atoms with Crippen molar-refractivity contribution in [3.05, 3.63) is 0 Å². The minimum absolute atomic E-state index is 0. The van der Waals surface area contributed by atoms with Crippen LogP contribution in [-0.4, -0.2) is 49.9 Å². The van der Waals surface area contributed by atoms with Crippen molar-refractivity contribution >= 4 is 35.9 Å². The predicted molar refractivity (Wildman–Crippen MR) is 105 cm³/mol. The van der Waals surface area contributed by atoms with Crippen LogP contribution in [0.15, 0.2) is 4.99 Å². The Morgan fingerprint density at radius 1 is 1.22 bits per heavy atom. The van der Waals surface area contributed by atoms with Crippen molar-refractivity contribution < 1.29 is 14.6 Å². The van der Waals surface area contributed by atoms with Crippen molar-refractivity contribution in [2.45, 2.75) is 52.9 Å². The Kier molecular flexibility index (Phi) is 19.1. The zero-order valence-electron chi connectivity index (χ0n) is 14.8. The van der Waals surface area contributed by atoms with Gasteiger partial charge in [-0.2, -0.15) is 0 Å². The summed E-state index contributed by atoms with van der Waals surface area (Å²) in [5.41, 5.74) is 0. The first-order valence-electron chi connectivity index (χ1n) is 8.46. The lowest BCUT2D eigenvalue weighted by Gasteiger charge is -2.15. The fourth-order valence-corrected chi connectivity index (χ4v) is 2.15. The summed E-state index contributed by atoms with van der Waals surface area (Å²) in [5, 5.41) is 15.5. The Morgan fingerprint density at radius 2 is 1.96 bits per heavy atom. The standard InChI is InChI=1S/C16H33N3O3.HI/c1-4-8-14(10-12-20)13-19-16(17-5-2)18-11-7-9-15(21)22-6-3;/h14,20H,4-13H2,1-3H3,(H2,17,18,19);1H. The van der Waals surface area contributed by atoms with Crippen LogP contribution in [-0.2, 0) is 9.53 Å². The molecular weight excluding hydrogens is 409 g/mol. The van der Waals surface area contributed by atoms with E-state index in [1.165, 1.54) is 0 Å². The number of nitrogens with zero attached hydrogens (tertiary/aromatic N) is 1. The molecule has 0 aromatic carbocycles. The van der Waals surface area contributed by atoms with Crippen LogP contribution in [0.3, 0.4) is 0 Å². The Labute approximate surface area is 157 Å². The van der Waals surface area contributed by atoms with E-state index in [-0.39, 0.29) is 36.6 Å². The van der Waals surface area contributed by atoms with Crippen LogP contribution >= 0.6 is 24.0 Å². The molecule has 0 aromatic rings. The number of esters is 1. The van der Waals surface area contributed by atoms with Gasteiger partial charge in [0.15, 0.2) is 5.96 Å². The van der Waals surface area contributed by atoms with Gasteiger partial charge in [-0.1, -0.05) is 13.3 Å². The molecule has 3 N–H and O–H groups in total. The second kappa shape index (κ2) is 17.8. The summed E-state index contributed by atoms with van der Waals surface area (Å²) < 4.78 is 4.89. The van der Waals surface area contributed by atoms with Crippen molar-refractivity contribution in [2.24, 2.45) is 10.9 Å². The third kappa shape index (κ3) is 14.7. The molecule has 0 radical (unpaired) electrons. The second-order valence-corrected chi connectivity index (χ2v) is 5.22. The van der Waals surface area contributed by atoms with Crippen molar-refractivity contribution in [1.82, 2.24) is 10.6 Å². The number of hydrogen-bond donors (Lipinski definition) is 3. The van der Waals surface area contributed by atoms with Crippen LogP contribution in [0.5, 0.6) is 0 Å². The number of aliphatic imine (C=N–C) groups is 1. The predicted octanol–water partition coefficient (Wildman–Crippen LogP) is 2.30. The minimum Gasteiger partial charge on any atom is -0.466 e. The highest BCUT2D eigenvalue weighted by atomic mass is 127. The summed E-state index contributed by atoms with van der Waals surface area (Å²) in [4.78, 5) is 15.8. The summed E-state index contributed by atoms with van der Waals surface area (Å²) in [6, 6.07) is 0. The monoisotopic (exact) mass is 443 g/mol. The van der Waals surface area contributed by atoms with Gasteiger partial charge in [0.05, 0.1) is 6.61 Å². The first-order chi connectivity index (χ1) is 10.7. The summed E-state index contributed by atoms with van der Waals surface area (Å²) in [6.07, 6.45) is 4.11. The summed E-state index contributed by atoms with van der Waals surface area (Å²) in [5.74, 6) is 1.03. The maximum absolute atomic E-state index is 11.3. The SMILES string of the molecule is CCCC(CCO)CN=C(NCC)NCCCC(=O)OCC.I. The van der Waals surface area contributed by atoms with Crippen molar-refractivity contribution in [3.63, 3.8) is 0 Å². The zero-order valence-corrected chi connectivity index (χ0v) is 17.1. The van der Waals surface area contributed by atoms with E-state index >= 15 is 0 Å². The molecule has 0 fully saturated rings. The van der Waals surface area contributed by atoms with Crippen molar-refractivity contribution in [2.75, 3.05) is 32.8 Å². The van der Waals surface area contributed by atoms with E-state index < -0.39 is 0 Å². The number of hydrogen-bond acceptors (Lipinski definition) is 4. The van der Waals surface area contributed by atoms with Crippen LogP contribution in [0, 0.1) is 5.92 Å². The van der Waals surface area contributed by atoms with Crippen LogP contribution in [0.25, 0.3) is 0 Å². The molecule has 0 aliphatic heterocycles. The number of rotatable bonds is 12. The Balaban J connectivity index is 0. The molecule has 0 saturated carbocycles. The van der Waals surface area contributed by atoms with E-state index in [0.29, 0.717) is 32.0 Å². The summed E-state index contributed by atoms with van der Waals surface area (Å²) in [7, 11) is 0. The molecule has 0 amide bonds. The largest absolute Gasteiger partial charge is 0.466 e. The van der Waals surface area contributed by atoms with Gasteiger partial charge in [-0.25, -0.2) is 0 Å². The van der Waals surface area contributed by atoms with Gasteiger partial charge in [-0.05, 0) is 39.0 Å². The number of halogens is 1. The Bertz CT molecular complexity index is 309. The lowest BCUT2D eigenvalue weighted by atomic mass is 10.0. The van der Waals surface area contributed by atoms with E-state index in [0.717, 1.165) is 38.2 Å². The molecular formula is C16H34IN3O3. The van der Waals surface area contributed by atoms with E-state index in [2.05, 4.69) is 22.5 Å². The molecule has 6 nitrogen and oxygen atoms in total. The quantitative estimate of drug-likeness (QED) is 0.142. The third-order valence-corrected chi connectivity index (χ3v) is 3.24. The lowest BCUT2D eigenvalue weighted by Crippen LogP contribution is -2.38. The van der Waals surface area contributed by atoms with Crippen LogP contribution < -0.4 is 10.6 Å². The number of carbonyl (C=O) groups excluding carboxylic acids is 1. The molecule has 0 aliphatic carbocycles. The van der Waals surface area contributed by atoms with Gasteiger partial charge in [0.2, 0.25) is 0 Å². The zero-order chi connectivity index (χ0) is 16.6. The van der Waals surface area contributed by atoms with Gasteiger partial charge in [0.25, 0.3) is 0 Å². The first kappa shape index (κ1) is 24.7. The number of nitrogens with one attached hydrogen (secondary N) is 2. The fraction of sp³-hybridized carbons (Fsp3) is 0.875. The second-order valence-electron chi connectivity index (χ2n) is 5.22. The number of ether oxygens (including phenoxy) is 1. The van der Waals surface area contributed by atoms with Crippen LogP contribution in [0.1, 0.15) is 52.9 Å². The Morgan fingerprint density at radius 3 is 2.52 bits per heavy atom. The number of carbonyl (C=O) groups is 1. The number of aliphatic hydroxyl groups excluding tert-OH is 1. The normalized spacial score (nSPS) is 12.3. The van der Waals surface area contributed by atoms with E-state index in [4.69, 9.17) is 9.84 Å². The van der Waals surface area contributed by atoms with Gasteiger partial charge in [-0.15, -0.1) is 24.0 Å². The Hall–Kier alpha value is -0.570. The van der Waals surface area contributed by atoms with Crippen molar-refractivity contribution in [1.29, 1.82) is 0 Å². The van der Waals surface area contributed by atoms with Crippen LogP contribution in [0.2, 0.25) is 0 Å². The van der Waals surface area contributed by atoms with Gasteiger partial charge >= 0.3 is 5.97 Å². The maximum Gasteiger partial charge on any atom is 0.305 e. The molecule has 0 rings (SSSR count). The van der Waals surface area contributed by atoms with Gasteiger partial charge in [-0.3, -0.25) is 9.79 Å². The van der Waals surface area contributed by atoms with Crippen molar-refractivity contribution in [3.8, 4) is 0 Å². The smallest absolute Gasteiger partial charge is 0.305 e. The average molecular weight is 443 g/mol. The molecule has 1 unspecified atom stereocenters. The molecule has 0 aliphatic rings. The molecule has 0 bridgehead atoms. The molecule has 0 spiro atoms. The highest BCUT2D eigenvalue weighted by Crippen LogP contribution is 2.10. The fourth-order valence-electron chi connectivity index (χ4n) is 2.15. The lowest BCUT2D eigenvalue weighted by molar-refractivity contribution is -0.143. The summed E-state index contributed by atoms with van der Waals surface area (Å²) >= 11 is 0.